The van der Waals surface area contributed by atoms with E-state index in [4.69, 9.17) is 9.47 Å². The minimum Gasteiger partial charge on any atom is -0.485 e. The van der Waals surface area contributed by atoms with Crippen LogP contribution in [0.5, 0.6) is 11.5 Å². The molecule has 0 saturated carbocycles. The number of rotatable bonds is 5. The van der Waals surface area contributed by atoms with Gasteiger partial charge in [0.2, 0.25) is 6.10 Å². The van der Waals surface area contributed by atoms with Gasteiger partial charge in [0, 0.05) is 0 Å². The summed E-state index contributed by atoms with van der Waals surface area (Å²) in [6, 6.07) is 15.7. The molecule has 1 heterocycles. The molecule has 2 N–H and O–H groups in total. The van der Waals surface area contributed by atoms with Gasteiger partial charge < -0.3 is 19.9 Å². The van der Waals surface area contributed by atoms with Gasteiger partial charge in [-0.3, -0.25) is 4.79 Å². The number of amides is 1. The number of para-hydroxylation sites is 2. The molecule has 1 amide bonds. The Morgan fingerprint density at radius 3 is 2.40 bits per heavy atom. The molecule has 2 aromatic rings. The zero-order chi connectivity index (χ0) is 17.9. The van der Waals surface area contributed by atoms with E-state index in [0.29, 0.717) is 17.1 Å². The first-order valence-electron chi connectivity index (χ1n) is 8.06. The van der Waals surface area contributed by atoms with Gasteiger partial charge in [-0.1, -0.05) is 49.4 Å². The second-order valence-electron chi connectivity index (χ2n) is 5.78. The van der Waals surface area contributed by atoms with E-state index < -0.39 is 23.5 Å². The molecule has 2 aromatic carbocycles. The Labute approximate surface area is 145 Å². The number of benzene rings is 2. The number of carboxylic acids is 1. The van der Waals surface area contributed by atoms with Gasteiger partial charge in [0.05, 0.1) is 0 Å². The maximum Gasteiger partial charge on any atom is 0.334 e. The number of nitrogens with one attached hydrogen (secondary N) is 1. The average Bonchev–Trinajstić information content (AvgIpc) is 2.66. The molecule has 0 spiro atoms. The Hall–Kier alpha value is -3.02. The Morgan fingerprint density at radius 2 is 1.76 bits per heavy atom. The number of hydrogen-bond donors (Lipinski definition) is 2. The molecule has 6 nitrogen and oxygen atoms in total. The molecule has 1 aliphatic rings. The van der Waals surface area contributed by atoms with Crippen molar-refractivity contribution in [2.45, 2.75) is 25.0 Å². The van der Waals surface area contributed by atoms with Crippen LogP contribution in [0.1, 0.15) is 18.9 Å². The Morgan fingerprint density at radius 1 is 1.12 bits per heavy atom. The predicted octanol–water partition coefficient (Wildman–Crippen LogP) is 2.33. The zero-order valence-corrected chi connectivity index (χ0v) is 13.8. The van der Waals surface area contributed by atoms with E-state index in [0.717, 1.165) is 0 Å². The smallest absolute Gasteiger partial charge is 0.334 e. The summed E-state index contributed by atoms with van der Waals surface area (Å²) in [5, 5.41) is 12.4. The fourth-order valence-corrected chi connectivity index (χ4v) is 2.86. The number of carbonyl (C=O) groups excluding carboxylic acids is 1. The molecule has 1 aliphatic heterocycles. The highest BCUT2D eigenvalue weighted by atomic mass is 16.6. The van der Waals surface area contributed by atoms with Crippen molar-refractivity contribution in [2.75, 3.05) is 6.61 Å². The first-order valence-corrected chi connectivity index (χ1v) is 8.06. The molecule has 25 heavy (non-hydrogen) atoms. The molecule has 0 radical (unpaired) electrons. The van der Waals surface area contributed by atoms with Crippen molar-refractivity contribution in [3.05, 3.63) is 60.2 Å². The van der Waals surface area contributed by atoms with E-state index in [1.807, 2.05) is 6.07 Å². The first kappa shape index (κ1) is 16.8. The van der Waals surface area contributed by atoms with Crippen LogP contribution < -0.4 is 14.8 Å². The molecule has 2 unspecified atom stereocenters. The van der Waals surface area contributed by atoms with Crippen molar-refractivity contribution in [1.82, 2.24) is 5.32 Å². The number of carbonyl (C=O) groups is 2. The lowest BCUT2D eigenvalue weighted by molar-refractivity contribution is -0.150. The van der Waals surface area contributed by atoms with E-state index in [-0.39, 0.29) is 13.0 Å². The van der Waals surface area contributed by atoms with Crippen LogP contribution in [-0.2, 0) is 15.1 Å². The topological polar surface area (TPSA) is 84.9 Å². The van der Waals surface area contributed by atoms with Crippen molar-refractivity contribution in [1.29, 1.82) is 0 Å². The highest BCUT2D eigenvalue weighted by Crippen LogP contribution is 2.32. The van der Waals surface area contributed by atoms with Gasteiger partial charge in [0.15, 0.2) is 17.0 Å². The maximum absolute atomic E-state index is 12.7. The van der Waals surface area contributed by atoms with E-state index in [1.54, 1.807) is 55.5 Å². The highest BCUT2D eigenvalue weighted by Gasteiger charge is 2.42. The molecule has 0 aliphatic carbocycles. The van der Waals surface area contributed by atoms with Gasteiger partial charge in [-0.05, 0) is 24.1 Å². The van der Waals surface area contributed by atoms with Gasteiger partial charge in [-0.25, -0.2) is 4.79 Å². The second-order valence-corrected chi connectivity index (χ2v) is 5.78. The van der Waals surface area contributed by atoms with Gasteiger partial charge in [0.1, 0.15) is 6.61 Å². The predicted molar refractivity (Wildman–Crippen MR) is 90.5 cm³/mol. The number of aliphatic carboxylic acids is 1. The number of carboxylic acid groups (broad SMARTS) is 1. The largest absolute Gasteiger partial charge is 0.485 e. The van der Waals surface area contributed by atoms with Gasteiger partial charge in [-0.15, -0.1) is 0 Å². The number of fused-ring (bicyclic) bond motifs is 1. The van der Waals surface area contributed by atoms with Crippen LogP contribution in [0.25, 0.3) is 0 Å². The van der Waals surface area contributed by atoms with Gasteiger partial charge in [-0.2, -0.15) is 0 Å². The first-order chi connectivity index (χ1) is 12.1. The summed E-state index contributed by atoms with van der Waals surface area (Å²) < 4.78 is 11.2. The van der Waals surface area contributed by atoms with Crippen LogP contribution in [0.15, 0.2) is 54.6 Å². The Kier molecular flexibility index (Phi) is 4.61. The normalized spacial score (nSPS) is 18.0. The molecule has 6 heteroatoms. The molecular formula is C19H19NO5. The molecule has 0 bridgehead atoms. The minimum absolute atomic E-state index is 0.0249. The highest BCUT2D eigenvalue weighted by molar-refractivity contribution is 5.90. The fraction of sp³-hybridized carbons (Fsp3) is 0.263. The van der Waals surface area contributed by atoms with E-state index in [9.17, 15) is 14.7 Å². The van der Waals surface area contributed by atoms with E-state index in [2.05, 4.69) is 5.32 Å². The monoisotopic (exact) mass is 341 g/mol. The van der Waals surface area contributed by atoms with Crippen LogP contribution in [0.3, 0.4) is 0 Å². The average molecular weight is 341 g/mol. The molecule has 0 aromatic heterocycles. The van der Waals surface area contributed by atoms with Gasteiger partial charge >= 0.3 is 5.97 Å². The van der Waals surface area contributed by atoms with Gasteiger partial charge in [0.25, 0.3) is 5.91 Å². The summed E-state index contributed by atoms with van der Waals surface area (Å²) in [4.78, 5) is 24.7. The lowest BCUT2D eigenvalue weighted by Gasteiger charge is -2.33. The molecular weight excluding hydrogens is 322 g/mol. The third kappa shape index (κ3) is 3.15. The zero-order valence-electron chi connectivity index (χ0n) is 13.8. The fourth-order valence-electron chi connectivity index (χ4n) is 2.86. The second kappa shape index (κ2) is 6.84. The van der Waals surface area contributed by atoms with Crippen LogP contribution in [0.4, 0.5) is 0 Å². The Balaban J connectivity index is 1.83. The SMILES string of the molecule is CCC(NC(=O)C1COc2ccccc2O1)(C(=O)O)c1ccccc1. The van der Waals surface area contributed by atoms with Crippen LogP contribution in [0.2, 0.25) is 0 Å². The summed E-state index contributed by atoms with van der Waals surface area (Å²) in [6.07, 6.45) is -0.716. The Bertz CT molecular complexity index is 776. The van der Waals surface area contributed by atoms with Crippen molar-refractivity contribution < 1.29 is 24.2 Å². The maximum atomic E-state index is 12.7. The summed E-state index contributed by atoms with van der Waals surface area (Å²) >= 11 is 0. The summed E-state index contributed by atoms with van der Waals surface area (Å²) in [6.45, 7) is 1.74. The van der Waals surface area contributed by atoms with Crippen molar-refractivity contribution >= 4 is 11.9 Å². The standard InChI is InChI=1S/C19H19NO5/c1-2-19(18(22)23,13-8-4-3-5-9-13)20-17(21)16-12-24-14-10-6-7-11-15(14)25-16/h3-11,16H,2,12H2,1H3,(H,20,21)(H,22,23). The lowest BCUT2D eigenvalue weighted by Crippen LogP contribution is -2.56. The molecule has 3 rings (SSSR count). The van der Waals surface area contributed by atoms with Crippen LogP contribution in [0, 0.1) is 0 Å². The number of hydrogen-bond acceptors (Lipinski definition) is 4. The third-order valence-corrected chi connectivity index (χ3v) is 4.30. The molecule has 2 atom stereocenters. The molecule has 0 saturated heterocycles. The molecule has 130 valence electrons. The molecule has 0 fully saturated rings. The van der Waals surface area contributed by atoms with E-state index in [1.165, 1.54) is 0 Å². The lowest BCUT2D eigenvalue weighted by atomic mass is 9.87. The van der Waals surface area contributed by atoms with Crippen molar-refractivity contribution in [2.24, 2.45) is 0 Å². The summed E-state index contributed by atoms with van der Waals surface area (Å²) in [5.74, 6) is -0.616. The summed E-state index contributed by atoms with van der Waals surface area (Å²) in [7, 11) is 0. The number of ether oxygens (including phenoxy) is 2. The van der Waals surface area contributed by atoms with Crippen molar-refractivity contribution in [3.63, 3.8) is 0 Å². The van der Waals surface area contributed by atoms with E-state index >= 15 is 0 Å². The minimum atomic E-state index is -1.52. The van der Waals surface area contributed by atoms with Crippen LogP contribution >= 0.6 is 0 Å². The third-order valence-electron chi connectivity index (χ3n) is 4.30. The summed E-state index contributed by atoms with van der Waals surface area (Å²) in [5.41, 5.74) is -1.01. The van der Waals surface area contributed by atoms with Crippen molar-refractivity contribution in [3.8, 4) is 11.5 Å². The van der Waals surface area contributed by atoms with Crippen LogP contribution in [-0.4, -0.2) is 29.7 Å². The quantitative estimate of drug-likeness (QED) is 0.872.